The number of halogens is 1. The van der Waals surface area contributed by atoms with Crippen LogP contribution in [0.2, 0.25) is 5.02 Å². The van der Waals surface area contributed by atoms with Gasteiger partial charge in [0.1, 0.15) is 6.04 Å². The number of carbonyl (C=O) groups is 2. The Morgan fingerprint density at radius 2 is 1.58 bits per heavy atom. The minimum Gasteiger partial charge on any atom is -0.352 e. The molecule has 1 N–H and O–H groups in total. The summed E-state index contributed by atoms with van der Waals surface area (Å²) < 4.78 is 0. The Balaban J connectivity index is 1.87. The Morgan fingerprint density at radius 3 is 2.25 bits per heavy atom. The number of nitrogens with one attached hydrogen (secondary N) is 1. The highest BCUT2D eigenvalue weighted by atomic mass is 35.5. The van der Waals surface area contributed by atoms with Crippen molar-refractivity contribution in [1.82, 2.24) is 10.2 Å². The molecule has 6 heteroatoms. The van der Waals surface area contributed by atoms with E-state index in [0.29, 0.717) is 11.4 Å². The number of rotatable bonds is 12. The van der Waals surface area contributed by atoms with Gasteiger partial charge in [-0.2, -0.15) is 0 Å². The molecule has 36 heavy (non-hydrogen) atoms. The van der Waals surface area contributed by atoms with Crippen molar-refractivity contribution in [3.63, 3.8) is 0 Å². The molecular formula is C30H35ClN2O2S. The summed E-state index contributed by atoms with van der Waals surface area (Å²) >= 11 is 8.05. The van der Waals surface area contributed by atoms with E-state index in [4.69, 9.17) is 11.6 Å². The van der Waals surface area contributed by atoms with Crippen LogP contribution < -0.4 is 5.32 Å². The molecule has 3 aromatic carbocycles. The second kappa shape index (κ2) is 14.1. The van der Waals surface area contributed by atoms with Gasteiger partial charge in [-0.15, -0.1) is 11.8 Å². The highest BCUT2D eigenvalue weighted by molar-refractivity contribution is 7.99. The van der Waals surface area contributed by atoms with E-state index < -0.39 is 6.04 Å². The monoisotopic (exact) mass is 522 g/mol. The summed E-state index contributed by atoms with van der Waals surface area (Å²) in [5, 5.41) is 3.69. The lowest BCUT2D eigenvalue weighted by Crippen LogP contribution is -2.52. The zero-order valence-electron chi connectivity index (χ0n) is 21.2. The lowest BCUT2D eigenvalue weighted by molar-refractivity contribution is -0.139. The van der Waals surface area contributed by atoms with Crippen LogP contribution in [0.1, 0.15) is 42.5 Å². The fraction of sp³-hybridized carbons (Fsp3) is 0.333. The molecule has 3 aromatic rings. The average Bonchev–Trinajstić information content (AvgIpc) is 2.88. The molecule has 2 atom stereocenters. The second-order valence-corrected chi connectivity index (χ2v) is 10.4. The Labute approximate surface area is 224 Å². The van der Waals surface area contributed by atoms with Crippen molar-refractivity contribution in [2.45, 2.75) is 58.0 Å². The van der Waals surface area contributed by atoms with Gasteiger partial charge >= 0.3 is 0 Å². The minimum atomic E-state index is -0.649. The van der Waals surface area contributed by atoms with Gasteiger partial charge in [-0.1, -0.05) is 91.3 Å². The third-order valence-electron chi connectivity index (χ3n) is 6.32. The molecule has 0 aliphatic carbocycles. The van der Waals surface area contributed by atoms with Crippen molar-refractivity contribution in [3.05, 3.63) is 106 Å². The molecule has 3 rings (SSSR count). The van der Waals surface area contributed by atoms with Crippen molar-refractivity contribution < 1.29 is 9.59 Å². The number of aryl methyl sites for hydroxylation is 1. The Bertz CT molecular complexity index is 1140. The van der Waals surface area contributed by atoms with Crippen LogP contribution in [-0.4, -0.2) is 34.6 Å². The molecule has 0 bridgehead atoms. The lowest BCUT2D eigenvalue weighted by Gasteiger charge is -2.32. The number of hydrogen-bond acceptors (Lipinski definition) is 3. The molecule has 0 saturated heterocycles. The van der Waals surface area contributed by atoms with Crippen molar-refractivity contribution in [1.29, 1.82) is 0 Å². The first kappa shape index (κ1) is 27.8. The summed E-state index contributed by atoms with van der Waals surface area (Å²) in [6, 6.07) is 24.9. The maximum absolute atomic E-state index is 13.7. The molecule has 0 aromatic heterocycles. The largest absolute Gasteiger partial charge is 0.352 e. The summed E-state index contributed by atoms with van der Waals surface area (Å²) in [5.41, 5.74) is 4.25. The predicted molar refractivity (Wildman–Crippen MR) is 151 cm³/mol. The second-order valence-electron chi connectivity index (χ2n) is 9.06. The molecule has 0 heterocycles. The first-order valence-corrected chi connectivity index (χ1v) is 13.9. The number of benzene rings is 3. The number of thioether (sulfide) groups is 1. The third-order valence-corrected chi connectivity index (χ3v) is 7.65. The van der Waals surface area contributed by atoms with Gasteiger partial charge < -0.3 is 10.2 Å². The first-order valence-electron chi connectivity index (χ1n) is 12.4. The van der Waals surface area contributed by atoms with Crippen LogP contribution in [0.3, 0.4) is 0 Å². The minimum absolute atomic E-state index is 0.0171. The summed E-state index contributed by atoms with van der Waals surface area (Å²) in [7, 11) is 0. The number of carbonyl (C=O) groups excluding carboxylic acids is 2. The maximum Gasteiger partial charge on any atom is 0.243 e. The van der Waals surface area contributed by atoms with Crippen molar-refractivity contribution in [3.8, 4) is 0 Å². The van der Waals surface area contributed by atoms with Crippen molar-refractivity contribution >= 4 is 35.2 Å². The predicted octanol–water partition coefficient (Wildman–Crippen LogP) is 6.44. The Morgan fingerprint density at radius 1 is 0.944 bits per heavy atom. The molecule has 2 amide bonds. The van der Waals surface area contributed by atoms with Crippen molar-refractivity contribution in [2.75, 3.05) is 5.75 Å². The lowest BCUT2D eigenvalue weighted by atomic mass is 10.0. The number of amides is 2. The average molecular weight is 523 g/mol. The highest BCUT2D eigenvalue weighted by Gasteiger charge is 2.31. The van der Waals surface area contributed by atoms with Gasteiger partial charge in [-0.3, -0.25) is 9.59 Å². The molecule has 190 valence electrons. The van der Waals surface area contributed by atoms with E-state index >= 15 is 0 Å². The molecule has 0 unspecified atom stereocenters. The summed E-state index contributed by atoms with van der Waals surface area (Å²) in [5.74, 6) is 0.799. The number of hydrogen-bond donors (Lipinski definition) is 1. The van der Waals surface area contributed by atoms with Gasteiger partial charge in [0, 0.05) is 29.8 Å². The normalized spacial score (nSPS) is 12.6. The zero-order chi connectivity index (χ0) is 25.9. The van der Waals surface area contributed by atoms with Gasteiger partial charge in [0.15, 0.2) is 0 Å². The topological polar surface area (TPSA) is 49.4 Å². The fourth-order valence-electron chi connectivity index (χ4n) is 3.91. The maximum atomic E-state index is 13.7. The smallest absolute Gasteiger partial charge is 0.243 e. The molecule has 0 spiro atoms. The van der Waals surface area contributed by atoms with Crippen LogP contribution in [0.4, 0.5) is 0 Å². The summed E-state index contributed by atoms with van der Waals surface area (Å²) in [6.45, 7) is 6.37. The molecule has 4 nitrogen and oxygen atoms in total. The van der Waals surface area contributed by atoms with Crippen LogP contribution in [0, 0.1) is 6.92 Å². The van der Waals surface area contributed by atoms with E-state index in [1.54, 1.807) is 16.7 Å². The third kappa shape index (κ3) is 8.14. The van der Waals surface area contributed by atoms with E-state index in [9.17, 15) is 9.59 Å². The Hall–Kier alpha value is -2.76. The van der Waals surface area contributed by atoms with Gasteiger partial charge in [0.2, 0.25) is 11.8 Å². The summed E-state index contributed by atoms with van der Waals surface area (Å²) in [4.78, 5) is 28.9. The zero-order valence-corrected chi connectivity index (χ0v) is 22.8. The standard InChI is InChI=1S/C30H35ClN2O2S/c1-4-23(3)32-30(35)28(18-24-13-6-5-7-14-24)33(19-25-15-10-11-17-27(25)31)29(34)21-36-20-26-16-9-8-12-22(26)2/h5-17,23,28H,4,18-21H2,1-3H3,(H,32,35)/t23-,28-/m0/s1. The van der Waals surface area contributed by atoms with E-state index in [-0.39, 0.29) is 30.2 Å². The molecule has 0 aliphatic rings. The number of nitrogens with zero attached hydrogens (tertiary/aromatic N) is 1. The van der Waals surface area contributed by atoms with Crippen LogP contribution >= 0.6 is 23.4 Å². The van der Waals surface area contributed by atoms with Gasteiger partial charge in [0.25, 0.3) is 0 Å². The quantitative estimate of drug-likeness (QED) is 0.298. The van der Waals surface area contributed by atoms with Crippen LogP contribution in [-0.2, 0) is 28.3 Å². The van der Waals surface area contributed by atoms with Gasteiger partial charge in [-0.05, 0) is 48.6 Å². The highest BCUT2D eigenvalue weighted by Crippen LogP contribution is 2.23. The molecular weight excluding hydrogens is 488 g/mol. The molecule has 0 fully saturated rings. The molecule has 0 radical (unpaired) electrons. The van der Waals surface area contributed by atoms with Crippen molar-refractivity contribution in [2.24, 2.45) is 0 Å². The van der Waals surface area contributed by atoms with Crippen LogP contribution in [0.5, 0.6) is 0 Å². The van der Waals surface area contributed by atoms with E-state index in [1.165, 1.54) is 11.1 Å². The molecule has 0 aliphatic heterocycles. The Kier molecular flexibility index (Phi) is 10.9. The van der Waals surface area contributed by atoms with E-state index in [2.05, 4.69) is 24.4 Å². The SMILES string of the molecule is CC[C@H](C)NC(=O)[C@H](Cc1ccccc1)N(Cc1ccccc1Cl)C(=O)CSCc1ccccc1C. The van der Waals surface area contributed by atoms with Crippen LogP contribution in [0.25, 0.3) is 0 Å². The van der Waals surface area contributed by atoms with Gasteiger partial charge in [-0.25, -0.2) is 0 Å². The van der Waals surface area contributed by atoms with E-state index in [1.807, 2.05) is 80.6 Å². The molecule has 0 saturated carbocycles. The van der Waals surface area contributed by atoms with E-state index in [0.717, 1.165) is 23.3 Å². The van der Waals surface area contributed by atoms with Gasteiger partial charge in [0.05, 0.1) is 5.75 Å². The first-order chi connectivity index (χ1) is 17.4. The summed E-state index contributed by atoms with van der Waals surface area (Å²) in [6.07, 6.45) is 1.25. The van der Waals surface area contributed by atoms with Crippen LogP contribution in [0.15, 0.2) is 78.9 Å². The fourth-order valence-corrected chi connectivity index (χ4v) is 5.09.